The molecule has 0 atom stereocenters. The maximum atomic E-state index is 11.7. The number of benzene rings is 8. The van der Waals surface area contributed by atoms with E-state index in [2.05, 4.69) is 87.5 Å². The van der Waals surface area contributed by atoms with Crippen molar-refractivity contribution in [3.05, 3.63) is 221 Å². The Bertz CT molecular complexity index is 4540. The first-order valence-electron chi connectivity index (χ1n) is 32.1. The minimum Gasteiger partial charge on any atom is -0.870 e. The van der Waals surface area contributed by atoms with Crippen LogP contribution in [0.2, 0.25) is 0 Å². The van der Waals surface area contributed by atoms with Crippen molar-refractivity contribution in [1.29, 1.82) is 0 Å². The van der Waals surface area contributed by atoms with Gasteiger partial charge in [0.25, 0.3) is 0 Å². The van der Waals surface area contributed by atoms with Gasteiger partial charge in [0, 0.05) is 47.5 Å². The van der Waals surface area contributed by atoms with Gasteiger partial charge >= 0.3 is 53.4 Å². The number of hydrogen-bond donors (Lipinski definition) is 6. The average Bonchev–Trinajstić information content (AvgIpc) is 0.812. The molecule has 0 amide bonds. The van der Waals surface area contributed by atoms with Gasteiger partial charge in [0.1, 0.15) is 27.4 Å². The maximum absolute atomic E-state index is 11.7. The molecule has 12 aromatic rings. The van der Waals surface area contributed by atoms with Crippen molar-refractivity contribution in [3.8, 4) is 45.0 Å². The van der Waals surface area contributed by atoms with E-state index in [-0.39, 0.29) is 76.2 Å². The Morgan fingerprint density at radius 3 is 0.871 bits per heavy atom. The van der Waals surface area contributed by atoms with Gasteiger partial charge < -0.3 is 46.2 Å². The van der Waals surface area contributed by atoms with Crippen LogP contribution in [0.1, 0.15) is 105 Å². The van der Waals surface area contributed by atoms with Crippen molar-refractivity contribution in [3.63, 3.8) is 0 Å². The Morgan fingerprint density at radius 2 is 0.624 bits per heavy atom. The van der Waals surface area contributed by atoms with Gasteiger partial charge in [-0.3, -0.25) is 4.39 Å². The summed E-state index contributed by atoms with van der Waals surface area (Å²) in [6, 6.07) is 59.8. The third kappa shape index (κ3) is 24.0. The Labute approximate surface area is 618 Å². The van der Waals surface area contributed by atoms with E-state index in [4.69, 9.17) is 31.1 Å². The standard InChI is InChI=1S/C19H19N3O2.2C18H17N3O2.C16H11BrN2O2.C4H10.CH3F.CH4O.Na.H2O/c1-12(2)20-18-17(13-7-5-4-6-8-13)21-15-10-9-14(19(23)24-3)11-16(15)22-18;2*1-11(2)19-17-16(12-6-4-3-5-7-12)20-14-9-8-13(18(22)23)10-15(14)21-17;1-21-16(20)11-7-8-12-13(9-11)19-15(17)14(18-12)10-5-3-2-4-6-10;1-4(2)3;2*1-2;;/h4-12H,1-3H3,(H,20,22);2*3-11H,1-2H3,(H,19,21)(H,22,23);2-9H,1H3;4H,1-3H3;1H3;2H,1H3;;1H2/q;;;;;;;+1;/p-1/i;;;;;1D;;;. The molecule has 0 radical (unpaired) electrons. The van der Waals surface area contributed by atoms with Gasteiger partial charge in [-0.1, -0.05) is 142 Å². The number of aliphatic hydroxyl groups excluding tert-OH is 1. The number of aromatic nitrogens is 8. The summed E-state index contributed by atoms with van der Waals surface area (Å²) in [5, 5.41) is 35.2. The molecule has 101 heavy (non-hydrogen) atoms. The second kappa shape index (κ2) is 41.3. The molecule has 0 aliphatic heterocycles. The Kier molecular flexibility index (Phi) is 33.3. The van der Waals surface area contributed by atoms with E-state index in [1.54, 1.807) is 72.8 Å². The first-order chi connectivity index (χ1) is 48.0. The predicted molar refractivity (Wildman–Crippen MR) is 398 cm³/mol. The third-order valence-corrected chi connectivity index (χ3v) is 14.0. The van der Waals surface area contributed by atoms with Crippen molar-refractivity contribution in [2.24, 2.45) is 5.92 Å². The van der Waals surface area contributed by atoms with Crippen LogP contribution in [-0.4, -0.2) is 131 Å². The van der Waals surface area contributed by atoms with Crippen LogP contribution in [0.3, 0.4) is 0 Å². The van der Waals surface area contributed by atoms with Crippen molar-refractivity contribution in [1.82, 2.24) is 39.9 Å². The Morgan fingerprint density at radius 1 is 0.396 bits per heavy atom. The molecule has 4 aromatic heterocycles. The number of halogens is 2. The van der Waals surface area contributed by atoms with Crippen LogP contribution in [0.15, 0.2) is 199 Å². The molecular weight excluding hydrogens is 1360 g/mol. The van der Waals surface area contributed by atoms with Crippen LogP contribution in [0, 0.1) is 5.92 Å². The number of carbonyl (C=O) groups is 4. The van der Waals surface area contributed by atoms with Crippen molar-refractivity contribution < 1.29 is 84.8 Å². The van der Waals surface area contributed by atoms with Crippen LogP contribution < -0.4 is 45.5 Å². The van der Waals surface area contributed by atoms with Crippen LogP contribution in [0.25, 0.3) is 89.2 Å². The van der Waals surface area contributed by atoms with E-state index in [0.29, 0.717) is 66.3 Å². The molecule has 24 heteroatoms. The van der Waals surface area contributed by atoms with Gasteiger partial charge in [-0.15, -0.1) is 0 Å². The molecule has 0 aliphatic carbocycles. The predicted octanol–water partition coefficient (Wildman–Crippen LogP) is 14.1. The average molecular weight is 1440 g/mol. The monoisotopic (exact) mass is 1440 g/mol. The van der Waals surface area contributed by atoms with Gasteiger partial charge in [-0.2, -0.15) is 0 Å². The number of hydrogen-bond acceptors (Lipinski definition) is 19. The number of nitrogens with zero attached hydrogens (tertiary/aromatic N) is 8. The molecule has 520 valence electrons. The smallest absolute Gasteiger partial charge is 0.870 e. The topological polar surface area (TPSA) is 317 Å². The van der Waals surface area contributed by atoms with E-state index in [1.165, 1.54) is 14.2 Å². The molecular formula is C77H82BrFN11NaO10. The molecule has 12 rings (SSSR count). The van der Waals surface area contributed by atoms with Crippen LogP contribution >= 0.6 is 15.9 Å². The number of esters is 2. The number of nitrogens with one attached hydrogen (secondary N) is 3. The number of ether oxygens (including phenoxy) is 2. The van der Waals surface area contributed by atoms with Gasteiger partial charge in [0.15, 0.2) is 17.5 Å². The van der Waals surface area contributed by atoms with Crippen molar-refractivity contribution in [2.75, 3.05) is 44.4 Å². The third-order valence-electron chi connectivity index (χ3n) is 13.4. The first-order valence-corrected chi connectivity index (χ1v) is 32.2. The summed E-state index contributed by atoms with van der Waals surface area (Å²) in [5.41, 5.74) is 13.5. The van der Waals surface area contributed by atoms with Crippen molar-refractivity contribution >= 4 is 101 Å². The van der Waals surface area contributed by atoms with E-state index in [9.17, 15) is 23.6 Å². The number of rotatable bonds is 14. The Balaban J connectivity index is 0.000000275. The van der Waals surface area contributed by atoms with E-state index in [0.717, 1.165) is 69.1 Å². The van der Waals surface area contributed by atoms with Crippen LogP contribution in [0.4, 0.5) is 21.8 Å². The summed E-state index contributed by atoms with van der Waals surface area (Å²) < 4.78 is 25.6. The normalized spacial score (nSPS) is 10.3. The summed E-state index contributed by atoms with van der Waals surface area (Å²) in [6.07, 6.45) is 0. The fraction of sp³-hybridized carbons (Fsp3) is 0.221. The number of fused-ring (bicyclic) bond motifs is 4. The summed E-state index contributed by atoms with van der Waals surface area (Å²) in [5.74, 6) is 0.123. The van der Waals surface area contributed by atoms with Crippen LogP contribution in [0.5, 0.6) is 0 Å². The zero-order valence-corrected chi connectivity index (χ0v) is 62.1. The SMILES string of the molecule is CC(C)C.CC(C)Nc1nc2cc(C(=O)O)ccc2nc1-c1ccccc1.CC(C)Nc1nc2cc(C(=O)O)ccc2nc1-c1ccccc1.CO.COC(=O)c1ccc2nc(-c3ccccc3)c(Br)nc2c1.COC(=O)c1ccc2nc(-c3ccccc3)c(NC(C)C)nc2c1.[2H]CF.[Na+].[OH-]. The van der Waals surface area contributed by atoms with Gasteiger partial charge in [-0.25, -0.2) is 59.0 Å². The molecule has 0 spiro atoms. The second-order valence-electron chi connectivity index (χ2n) is 23.1. The fourth-order valence-corrected chi connectivity index (χ4v) is 9.75. The van der Waals surface area contributed by atoms with E-state index < -0.39 is 19.1 Å². The van der Waals surface area contributed by atoms with E-state index in [1.807, 2.05) is 163 Å². The molecule has 0 saturated carbocycles. The molecule has 0 fully saturated rings. The number of carboxylic acids is 2. The number of carbonyl (C=O) groups excluding carboxylic acids is 2. The molecule has 0 bridgehead atoms. The largest absolute Gasteiger partial charge is 1.00 e. The van der Waals surface area contributed by atoms with Gasteiger partial charge in [0.2, 0.25) is 0 Å². The van der Waals surface area contributed by atoms with Crippen molar-refractivity contribution in [2.45, 2.75) is 80.4 Å². The van der Waals surface area contributed by atoms with Gasteiger partial charge in [0.05, 0.1) is 89.1 Å². The second-order valence-corrected chi connectivity index (χ2v) is 23.9. The molecule has 4 heterocycles. The number of methoxy groups -OCH3 is 2. The summed E-state index contributed by atoms with van der Waals surface area (Å²) in [7, 11) is 2.72. The summed E-state index contributed by atoms with van der Waals surface area (Å²) in [6.45, 7) is 18.7. The molecule has 0 aliphatic rings. The minimum atomic E-state index is -1.00. The number of carboxylic acid groups (broad SMARTS) is 2. The molecule has 8 aromatic carbocycles. The zero-order chi connectivity index (χ0) is 73.0. The maximum Gasteiger partial charge on any atom is 1.00 e. The number of aliphatic hydroxyl groups is 1. The summed E-state index contributed by atoms with van der Waals surface area (Å²) in [4.78, 5) is 82.6. The number of alkyl halides is 1. The number of anilines is 3. The zero-order valence-electron chi connectivity index (χ0n) is 59.6. The molecule has 0 saturated heterocycles. The van der Waals surface area contributed by atoms with Gasteiger partial charge in [-0.05, 0) is 136 Å². The quantitative estimate of drug-likeness (QED) is 0.0435. The first kappa shape index (κ1) is 81.4. The van der Waals surface area contributed by atoms with E-state index >= 15 is 0 Å². The fourth-order valence-electron chi connectivity index (χ4n) is 9.25. The molecule has 0 unspecified atom stereocenters. The minimum absolute atomic E-state index is 0. The molecule has 21 nitrogen and oxygen atoms in total. The summed E-state index contributed by atoms with van der Waals surface area (Å²) >= 11 is 3.44. The number of aromatic carboxylic acids is 2. The Hall–Kier alpha value is -10.3. The van der Waals surface area contributed by atoms with Crippen LogP contribution in [-0.2, 0) is 9.47 Å². The molecule has 7 N–H and O–H groups in total.